The largest absolute Gasteiger partial charge is 0.459 e. The lowest BCUT2D eigenvalue weighted by molar-refractivity contribution is -0.161. The van der Waals surface area contributed by atoms with Crippen molar-refractivity contribution in [3.05, 3.63) is 35.4 Å². The minimum Gasteiger partial charge on any atom is -0.459 e. The highest BCUT2D eigenvalue weighted by atomic mass is 16.6. The molecule has 0 bridgehead atoms. The summed E-state index contributed by atoms with van der Waals surface area (Å²) in [6.45, 7) is 8.06. The van der Waals surface area contributed by atoms with Crippen LogP contribution in [0.3, 0.4) is 0 Å². The lowest BCUT2D eigenvalue weighted by Gasteiger charge is -2.30. The summed E-state index contributed by atoms with van der Waals surface area (Å²) in [6.07, 6.45) is 0.376. The number of ether oxygens (including phenoxy) is 1. The van der Waals surface area contributed by atoms with Crippen molar-refractivity contribution in [2.45, 2.75) is 52.7 Å². The monoisotopic (exact) mass is 402 g/mol. The van der Waals surface area contributed by atoms with Gasteiger partial charge < -0.3 is 4.74 Å². The molecule has 8 nitrogen and oxygen atoms in total. The van der Waals surface area contributed by atoms with Gasteiger partial charge >= 0.3 is 5.97 Å². The van der Waals surface area contributed by atoms with Crippen LogP contribution in [0.2, 0.25) is 0 Å². The van der Waals surface area contributed by atoms with Gasteiger partial charge in [-0.05, 0) is 45.2 Å². The van der Waals surface area contributed by atoms with Crippen LogP contribution in [0.15, 0.2) is 24.3 Å². The van der Waals surface area contributed by atoms with Crippen LogP contribution in [0.25, 0.3) is 0 Å². The number of hydrogen-bond acceptors (Lipinski definition) is 6. The van der Waals surface area contributed by atoms with Gasteiger partial charge in [-0.15, -0.1) is 0 Å². The number of imide groups is 2. The summed E-state index contributed by atoms with van der Waals surface area (Å²) in [5.41, 5.74) is -0.359. The summed E-state index contributed by atoms with van der Waals surface area (Å²) in [5.74, 6) is -2.79. The number of carbonyl (C=O) groups excluding carboxylic acids is 5. The Morgan fingerprint density at radius 1 is 1.10 bits per heavy atom. The third-order valence-corrected chi connectivity index (χ3v) is 4.25. The first kappa shape index (κ1) is 22.3. The Hall–Kier alpha value is -3.03. The lowest BCUT2D eigenvalue weighted by Crippen LogP contribution is -2.52. The fraction of sp³-hybridized carbons (Fsp3) is 0.476. The van der Waals surface area contributed by atoms with Gasteiger partial charge in [-0.2, -0.15) is 0 Å². The quantitative estimate of drug-likeness (QED) is 0.393. The number of fused-ring (bicyclic) bond motifs is 1. The van der Waals surface area contributed by atoms with E-state index in [0.717, 1.165) is 4.90 Å². The highest BCUT2D eigenvalue weighted by molar-refractivity contribution is 6.23. The Balaban J connectivity index is 2.31. The van der Waals surface area contributed by atoms with Crippen molar-refractivity contribution in [3.8, 4) is 0 Å². The summed E-state index contributed by atoms with van der Waals surface area (Å²) >= 11 is 0. The molecule has 29 heavy (non-hydrogen) atoms. The number of esters is 1. The molecule has 4 amide bonds. The SMILES string of the molecule is CC(C)C[C@@H](C(=O)N(C=O)CC(=O)OC(C)(C)C)N1C(=O)c2ccccc2C1=O. The molecule has 0 saturated heterocycles. The van der Waals surface area contributed by atoms with Gasteiger partial charge in [-0.1, -0.05) is 26.0 Å². The second-order valence-electron chi connectivity index (χ2n) is 8.33. The molecule has 0 aliphatic carbocycles. The normalized spacial score (nSPS) is 14.6. The molecule has 156 valence electrons. The predicted octanol–water partition coefficient (Wildman–Crippen LogP) is 2.02. The van der Waals surface area contributed by atoms with Crippen LogP contribution < -0.4 is 0 Å². The van der Waals surface area contributed by atoms with E-state index in [9.17, 15) is 24.0 Å². The van der Waals surface area contributed by atoms with E-state index >= 15 is 0 Å². The molecule has 1 aromatic carbocycles. The topological polar surface area (TPSA) is 101 Å². The molecule has 8 heteroatoms. The van der Waals surface area contributed by atoms with E-state index in [1.807, 2.05) is 13.8 Å². The van der Waals surface area contributed by atoms with Crippen molar-refractivity contribution in [2.75, 3.05) is 6.54 Å². The van der Waals surface area contributed by atoms with Crippen molar-refractivity contribution in [3.63, 3.8) is 0 Å². The van der Waals surface area contributed by atoms with Crippen LogP contribution in [0.5, 0.6) is 0 Å². The highest BCUT2D eigenvalue weighted by Crippen LogP contribution is 2.27. The molecule has 1 heterocycles. The van der Waals surface area contributed by atoms with Gasteiger partial charge in [0, 0.05) is 0 Å². The molecule has 0 fully saturated rings. The number of nitrogens with zero attached hydrogens (tertiary/aromatic N) is 2. The third-order valence-electron chi connectivity index (χ3n) is 4.25. The summed E-state index contributed by atoms with van der Waals surface area (Å²) in [5, 5.41) is 0. The molecule has 1 aliphatic rings. The van der Waals surface area contributed by atoms with Gasteiger partial charge in [-0.3, -0.25) is 33.8 Å². The molecule has 2 rings (SSSR count). The molecule has 0 saturated carbocycles. The van der Waals surface area contributed by atoms with E-state index in [0.29, 0.717) is 4.90 Å². The second-order valence-corrected chi connectivity index (χ2v) is 8.33. The molecule has 0 aromatic heterocycles. The minimum absolute atomic E-state index is 0.0525. The first-order valence-electron chi connectivity index (χ1n) is 9.40. The fourth-order valence-electron chi connectivity index (χ4n) is 3.13. The van der Waals surface area contributed by atoms with Crippen LogP contribution in [-0.2, 0) is 19.1 Å². The van der Waals surface area contributed by atoms with Crippen LogP contribution >= 0.6 is 0 Å². The second kappa shape index (κ2) is 8.55. The third kappa shape index (κ3) is 5.07. The zero-order valence-electron chi connectivity index (χ0n) is 17.3. The number of benzene rings is 1. The standard InChI is InChI=1S/C21H26N2O6/c1-13(2)10-16(20(28)22(12-24)11-17(25)29-21(3,4)5)23-18(26)14-8-6-7-9-15(14)19(23)27/h6-9,12-13,16H,10-11H2,1-5H3/t16-/m0/s1. The average Bonchev–Trinajstić information content (AvgIpc) is 2.87. The number of hydrogen-bond donors (Lipinski definition) is 0. The van der Waals surface area contributed by atoms with E-state index in [1.54, 1.807) is 32.9 Å². The smallest absolute Gasteiger partial charge is 0.326 e. The molecular formula is C21H26N2O6. The van der Waals surface area contributed by atoms with Crippen LogP contribution in [-0.4, -0.2) is 58.1 Å². The molecule has 0 radical (unpaired) electrons. The van der Waals surface area contributed by atoms with Crippen molar-refractivity contribution >= 4 is 30.1 Å². The fourth-order valence-corrected chi connectivity index (χ4v) is 3.13. The van der Waals surface area contributed by atoms with Gasteiger partial charge in [0.05, 0.1) is 11.1 Å². The first-order chi connectivity index (χ1) is 13.5. The number of carbonyl (C=O) groups is 5. The van der Waals surface area contributed by atoms with Gasteiger partial charge in [0.15, 0.2) is 0 Å². The summed E-state index contributed by atoms with van der Waals surface area (Å²) < 4.78 is 5.16. The van der Waals surface area contributed by atoms with E-state index in [4.69, 9.17) is 4.74 Å². The zero-order valence-corrected chi connectivity index (χ0v) is 17.3. The van der Waals surface area contributed by atoms with Gasteiger partial charge in [0.1, 0.15) is 18.2 Å². The Kier molecular flexibility index (Phi) is 6.56. The van der Waals surface area contributed by atoms with Gasteiger partial charge in [0.2, 0.25) is 6.41 Å². The Morgan fingerprint density at radius 2 is 1.62 bits per heavy atom. The highest BCUT2D eigenvalue weighted by Gasteiger charge is 2.44. The molecular weight excluding hydrogens is 376 g/mol. The van der Waals surface area contributed by atoms with Crippen molar-refractivity contribution in [2.24, 2.45) is 5.92 Å². The Morgan fingerprint density at radius 3 is 2.03 bits per heavy atom. The van der Waals surface area contributed by atoms with E-state index in [-0.39, 0.29) is 29.9 Å². The van der Waals surface area contributed by atoms with Crippen molar-refractivity contribution in [1.82, 2.24) is 9.80 Å². The predicted molar refractivity (Wildman–Crippen MR) is 104 cm³/mol. The molecule has 0 spiro atoms. The number of rotatable bonds is 7. The molecule has 1 atom stereocenters. The summed E-state index contributed by atoms with van der Waals surface area (Å²) in [6, 6.07) is 5.10. The Bertz CT molecular complexity index is 805. The average molecular weight is 402 g/mol. The van der Waals surface area contributed by atoms with E-state index < -0.39 is 41.9 Å². The molecule has 0 unspecified atom stereocenters. The maximum Gasteiger partial charge on any atom is 0.326 e. The van der Waals surface area contributed by atoms with Crippen molar-refractivity contribution < 1.29 is 28.7 Å². The maximum absolute atomic E-state index is 13.1. The Labute approximate surface area is 169 Å². The maximum atomic E-state index is 13.1. The van der Waals surface area contributed by atoms with Crippen molar-refractivity contribution in [1.29, 1.82) is 0 Å². The van der Waals surface area contributed by atoms with E-state index in [1.165, 1.54) is 12.1 Å². The molecule has 1 aromatic rings. The zero-order chi connectivity index (χ0) is 21.9. The van der Waals surface area contributed by atoms with Gasteiger partial charge in [0.25, 0.3) is 17.7 Å². The van der Waals surface area contributed by atoms with E-state index in [2.05, 4.69) is 0 Å². The summed E-state index contributed by atoms with van der Waals surface area (Å²) in [4.78, 5) is 63.9. The van der Waals surface area contributed by atoms with Crippen LogP contribution in [0.1, 0.15) is 61.8 Å². The minimum atomic E-state index is -1.20. The lowest BCUT2D eigenvalue weighted by atomic mass is 10.0. The molecule has 1 aliphatic heterocycles. The van der Waals surface area contributed by atoms with Crippen LogP contribution in [0.4, 0.5) is 0 Å². The number of amides is 4. The first-order valence-corrected chi connectivity index (χ1v) is 9.40. The summed E-state index contributed by atoms with van der Waals surface area (Å²) in [7, 11) is 0. The van der Waals surface area contributed by atoms with Gasteiger partial charge in [-0.25, -0.2) is 0 Å². The van der Waals surface area contributed by atoms with Crippen LogP contribution in [0, 0.1) is 5.92 Å². The molecule has 0 N–H and O–H groups in total.